The van der Waals surface area contributed by atoms with E-state index in [9.17, 15) is 4.79 Å². The summed E-state index contributed by atoms with van der Waals surface area (Å²) in [5, 5.41) is 8.58. The van der Waals surface area contributed by atoms with E-state index in [1.165, 1.54) is 6.33 Å². The molecule has 8 heteroatoms. The summed E-state index contributed by atoms with van der Waals surface area (Å²) in [7, 11) is 0. The van der Waals surface area contributed by atoms with E-state index in [-0.39, 0.29) is 24.7 Å². The Morgan fingerprint density at radius 1 is 1.44 bits per heavy atom. The zero-order chi connectivity index (χ0) is 11.7. The highest BCUT2D eigenvalue weighted by Gasteiger charge is 2.10. The van der Waals surface area contributed by atoms with Gasteiger partial charge in [-0.3, -0.25) is 4.79 Å². The average Bonchev–Trinajstić information content (AvgIpc) is 2.58. The molecule has 0 bridgehead atoms. The number of imidazole rings is 1. The molecule has 8 nitrogen and oxygen atoms in total. The molecule has 0 aliphatic rings. The lowest BCUT2D eigenvalue weighted by Crippen LogP contribution is -2.06. The van der Waals surface area contributed by atoms with Gasteiger partial charge in [0.1, 0.15) is 5.52 Å². The fraction of sp³-hybridized carbons (Fsp3) is 0.250. The fourth-order valence-corrected chi connectivity index (χ4v) is 1.36. The largest absolute Gasteiger partial charge is 0.481 e. The van der Waals surface area contributed by atoms with E-state index in [2.05, 4.69) is 15.0 Å². The van der Waals surface area contributed by atoms with Crippen LogP contribution in [-0.4, -0.2) is 30.6 Å². The number of carbonyl (C=O) groups is 1. The summed E-state index contributed by atoms with van der Waals surface area (Å²) in [5.41, 5.74) is 11.9. The standard InChI is InChI=1S/C8H10N6O2/c9-6-5-7(13-8(10)12-6)14(3-11-5)2-1-4(15)16/h3H,1-2H2,(H,15,16)(H4,9,10,12,13). The number of fused-ring (bicyclic) bond motifs is 1. The molecule has 2 rings (SSSR count). The second-order valence-electron chi connectivity index (χ2n) is 3.22. The monoisotopic (exact) mass is 222 g/mol. The molecule has 0 fully saturated rings. The number of anilines is 2. The first-order valence-electron chi connectivity index (χ1n) is 4.53. The van der Waals surface area contributed by atoms with E-state index in [0.29, 0.717) is 11.2 Å². The van der Waals surface area contributed by atoms with Crippen LogP contribution in [0.4, 0.5) is 11.8 Å². The van der Waals surface area contributed by atoms with Gasteiger partial charge in [0.25, 0.3) is 0 Å². The van der Waals surface area contributed by atoms with Gasteiger partial charge in [-0.05, 0) is 0 Å². The van der Waals surface area contributed by atoms with Crippen molar-refractivity contribution >= 4 is 28.9 Å². The van der Waals surface area contributed by atoms with Crippen molar-refractivity contribution in [2.24, 2.45) is 0 Å². The number of aliphatic carboxylic acids is 1. The van der Waals surface area contributed by atoms with E-state index in [1.54, 1.807) is 4.57 Å². The summed E-state index contributed by atoms with van der Waals surface area (Å²) in [5.74, 6) is -0.657. The Kier molecular flexibility index (Phi) is 2.31. The molecule has 16 heavy (non-hydrogen) atoms. The van der Waals surface area contributed by atoms with Crippen LogP contribution in [0.5, 0.6) is 0 Å². The van der Waals surface area contributed by atoms with Gasteiger partial charge in [-0.15, -0.1) is 0 Å². The maximum atomic E-state index is 10.4. The minimum absolute atomic E-state index is 0.0186. The van der Waals surface area contributed by atoms with Gasteiger partial charge in [0, 0.05) is 6.54 Å². The summed E-state index contributed by atoms with van der Waals surface area (Å²) >= 11 is 0. The van der Waals surface area contributed by atoms with Gasteiger partial charge in [0.2, 0.25) is 5.95 Å². The van der Waals surface area contributed by atoms with Gasteiger partial charge in [0.05, 0.1) is 12.7 Å². The molecule has 0 saturated carbocycles. The van der Waals surface area contributed by atoms with Crippen LogP contribution in [0.15, 0.2) is 6.33 Å². The number of nitrogens with two attached hydrogens (primary N) is 2. The molecule has 2 heterocycles. The van der Waals surface area contributed by atoms with Gasteiger partial charge in [-0.1, -0.05) is 0 Å². The third-order valence-corrected chi connectivity index (χ3v) is 2.07. The zero-order valence-corrected chi connectivity index (χ0v) is 8.29. The van der Waals surface area contributed by atoms with Crippen molar-refractivity contribution in [1.29, 1.82) is 0 Å². The van der Waals surface area contributed by atoms with Crippen molar-refractivity contribution in [3.63, 3.8) is 0 Å². The molecule has 5 N–H and O–H groups in total. The van der Waals surface area contributed by atoms with Crippen LogP contribution in [0.2, 0.25) is 0 Å². The number of aromatic nitrogens is 4. The lowest BCUT2D eigenvalue weighted by molar-refractivity contribution is -0.137. The highest BCUT2D eigenvalue weighted by molar-refractivity contribution is 5.82. The first kappa shape index (κ1) is 10.1. The predicted molar refractivity (Wildman–Crippen MR) is 56.4 cm³/mol. The van der Waals surface area contributed by atoms with Crippen LogP contribution in [0.25, 0.3) is 11.2 Å². The number of carboxylic acid groups (broad SMARTS) is 1. The van der Waals surface area contributed by atoms with E-state index < -0.39 is 5.97 Å². The van der Waals surface area contributed by atoms with Crippen molar-refractivity contribution in [3.05, 3.63) is 6.33 Å². The lowest BCUT2D eigenvalue weighted by atomic mass is 10.4. The van der Waals surface area contributed by atoms with Crippen LogP contribution in [-0.2, 0) is 11.3 Å². The topological polar surface area (TPSA) is 133 Å². The fourth-order valence-electron chi connectivity index (χ4n) is 1.36. The summed E-state index contributed by atoms with van der Waals surface area (Å²) in [6.45, 7) is 0.266. The molecule has 0 radical (unpaired) electrons. The highest BCUT2D eigenvalue weighted by Crippen LogP contribution is 2.16. The number of hydrogen-bond acceptors (Lipinski definition) is 6. The Bertz CT molecular complexity index is 549. The summed E-state index contributed by atoms with van der Waals surface area (Å²) in [6, 6.07) is 0. The van der Waals surface area contributed by atoms with Crippen molar-refractivity contribution < 1.29 is 9.90 Å². The Labute approximate surface area is 89.9 Å². The maximum absolute atomic E-state index is 10.4. The second-order valence-corrected chi connectivity index (χ2v) is 3.22. The number of rotatable bonds is 3. The molecule has 0 aliphatic heterocycles. The van der Waals surface area contributed by atoms with Crippen molar-refractivity contribution in [2.75, 3.05) is 11.5 Å². The van der Waals surface area contributed by atoms with E-state index in [1.807, 2.05) is 0 Å². The molecular formula is C8H10N6O2. The van der Waals surface area contributed by atoms with E-state index >= 15 is 0 Å². The lowest BCUT2D eigenvalue weighted by Gasteiger charge is -2.01. The molecular weight excluding hydrogens is 212 g/mol. The van der Waals surface area contributed by atoms with Crippen molar-refractivity contribution in [2.45, 2.75) is 13.0 Å². The predicted octanol–water partition coefficient (Wildman–Crippen LogP) is -0.535. The highest BCUT2D eigenvalue weighted by atomic mass is 16.4. The Morgan fingerprint density at radius 2 is 2.19 bits per heavy atom. The second kappa shape index (κ2) is 3.65. The molecule has 0 amide bonds. The normalized spacial score (nSPS) is 10.8. The van der Waals surface area contributed by atoms with Gasteiger partial charge in [-0.2, -0.15) is 9.97 Å². The minimum atomic E-state index is -0.892. The minimum Gasteiger partial charge on any atom is -0.481 e. The van der Waals surface area contributed by atoms with Crippen LogP contribution < -0.4 is 11.5 Å². The Morgan fingerprint density at radius 3 is 2.88 bits per heavy atom. The smallest absolute Gasteiger partial charge is 0.305 e. The molecule has 0 unspecified atom stereocenters. The SMILES string of the molecule is Nc1nc(N)c2ncn(CCC(=O)O)c2n1. The van der Waals surface area contributed by atoms with Crippen LogP contribution >= 0.6 is 0 Å². The van der Waals surface area contributed by atoms with Gasteiger partial charge >= 0.3 is 5.97 Å². The maximum Gasteiger partial charge on any atom is 0.305 e. The molecule has 0 aromatic carbocycles. The van der Waals surface area contributed by atoms with Crippen LogP contribution in [0.3, 0.4) is 0 Å². The van der Waals surface area contributed by atoms with E-state index in [4.69, 9.17) is 16.6 Å². The molecule has 0 spiro atoms. The number of hydrogen-bond donors (Lipinski definition) is 3. The average molecular weight is 222 g/mol. The molecule has 84 valence electrons. The van der Waals surface area contributed by atoms with Gasteiger partial charge < -0.3 is 21.1 Å². The van der Waals surface area contributed by atoms with Crippen LogP contribution in [0, 0.1) is 0 Å². The van der Waals surface area contributed by atoms with Gasteiger partial charge in [-0.25, -0.2) is 4.98 Å². The Hall–Kier alpha value is -2.38. The molecule has 0 atom stereocenters. The number of nitrogens with zero attached hydrogens (tertiary/aromatic N) is 4. The zero-order valence-electron chi connectivity index (χ0n) is 8.29. The Balaban J connectivity index is 2.43. The number of carboxylic acids is 1. The van der Waals surface area contributed by atoms with Gasteiger partial charge in [0.15, 0.2) is 11.5 Å². The van der Waals surface area contributed by atoms with Crippen LogP contribution in [0.1, 0.15) is 6.42 Å². The summed E-state index contributed by atoms with van der Waals surface area (Å²) in [4.78, 5) is 22.2. The third kappa shape index (κ3) is 1.72. The number of aryl methyl sites for hydroxylation is 1. The third-order valence-electron chi connectivity index (χ3n) is 2.07. The molecule has 0 saturated heterocycles. The van der Waals surface area contributed by atoms with Crippen molar-refractivity contribution in [3.8, 4) is 0 Å². The quantitative estimate of drug-likeness (QED) is 0.635. The summed E-state index contributed by atoms with van der Waals surface area (Å²) in [6.07, 6.45) is 1.45. The number of nitrogen functional groups attached to an aromatic ring is 2. The van der Waals surface area contributed by atoms with E-state index in [0.717, 1.165) is 0 Å². The molecule has 2 aromatic heterocycles. The molecule has 0 aliphatic carbocycles. The molecule has 2 aromatic rings. The summed E-state index contributed by atoms with van der Waals surface area (Å²) < 4.78 is 1.58. The van der Waals surface area contributed by atoms with Crippen molar-refractivity contribution in [1.82, 2.24) is 19.5 Å². The first-order chi connectivity index (χ1) is 7.58. The first-order valence-corrected chi connectivity index (χ1v) is 4.53.